The van der Waals surface area contributed by atoms with E-state index in [-0.39, 0.29) is 36.4 Å². The van der Waals surface area contributed by atoms with Gasteiger partial charge in [0.1, 0.15) is 11.9 Å². The maximum Gasteiger partial charge on any atom is 0.242 e. The molecule has 7 heteroatoms. The molecule has 1 N–H and O–H groups in total. The van der Waals surface area contributed by atoms with Crippen LogP contribution in [0.5, 0.6) is 0 Å². The number of carbonyl (C=O) groups excluding carboxylic acids is 2. The first-order chi connectivity index (χ1) is 13.2. The molecular formula is C21H23Cl2FN2O2. The summed E-state index contributed by atoms with van der Waals surface area (Å²) < 4.78 is 14.0. The second-order valence-corrected chi connectivity index (χ2v) is 7.69. The quantitative estimate of drug-likeness (QED) is 0.704. The van der Waals surface area contributed by atoms with Gasteiger partial charge in [0.25, 0.3) is 0 Å². The standard InChI is InChI=1S/C21H23Cl2FN2O2/c1-13(2)25-21(28)14(3)26(12-15-8-9-17(22)18(23)10-15)20(27)11-16-6-4-5-7-19(16)24/h4-10,13-14H,11-12H2,1-3H3,(H,25,28). The van der Waals surface area contributed by atoms with Crippen molar-refractivity contribution in [2.75, 3.05) is 0 Å². The summed E-state index contributed by atoms with van der Waals surface area (Å²) in [7, 11) is 0. The molecular weight excluding hydrogens is 402 g/mol. The molecule has 2 amide bonds. The Morgan fingerprint density at radius 3 is 2.36 bits per heavy atom. The second kappa shape index (κ2) is 9.89. The molecule has 0 fully saturated rings. The first-order valence-electron chi connectivity index (χ1n) is 8.96. The van der Waals surface area contributed by atoms with E-state index in [4.69, 9.17) is 23.2 Å². The fourth-order valence-electron chi connectivity index (χ4n) is 2.73. The number of nitrogens with zero attached hydrogens (tertiary/aromatic N) is 1. The van der Waals surface area contributed by atoms with Gasteiger partial charge in [-0.05, 0) is 50.1 Å². The molecule has 0 radical (unpaired) electrons. The van der Waals surface area contributed by atoms with Crippen molar-refractivity contribution in [2.24, 2.45) is 0 Å². The molecule has 0 aliphatic carbocycles. The molecule has 2 aromatic rings. The predicted octanol–water partition coefficient (Wildman–Crippen LogP) is 4.62. The van der Waals surface area contributed by atoms with Crippen LogP contribution in [0.15, 0.2) is 42.5 Å². The maximum absolute atomic E-state index is 14.0. The predicted molar refractivity (Wildman–Crippen MR) is 110 cm³/mol. The highest BCUT2D eigenvalue weighted by molar-refractivity contribution is 6.42. The van der Waals surface area contributed by atoms with E-state index in [0.29, 0.717) is 10.0 Å². The molecule has 28 heavy (non-hydrogen) atoms. The van der Waals surface area contributed by atoms with Gasteiger partial charge in [0.15, 0.2) is 0 Å². The lowest BCUT2D eigenvalue weighted by molar-refractivity contribution is -0.140. The van der Waals surface area contributed by atoms with E-state index in [1.807, 2.05) is 13.8 Å². The summed E-state index contributed by atoms with van der Waals surface area (Å²) in [4.78, 5) is 26.9. The highest BCUT2D eigenvalue weighted by Crippen LogP contribution is 2.24. The molecule has 2 aromatic carbocycles. The second-order valence-electron chi connectivity index (χ2n) is 6.88. The van der Waals surface area contributed by atoms with Crippen LogP contribution in [0.2, 0.25) is 10.0 Å². The molecule has 0 bridgehead atoms. The lowest BCUT2D eigenvalue weighted by Crippen LogP contribution is -2.49. The SMILES string of the molecule is CC(C)NC(=O)C(C)N(Cc1ccc(Cl)c(Cl)c1)C(=O)Cc1ccccc1F. The third-order valence-corrected chi connectivity index (χ3v) is 4.97. The summed E-state index contributed by atoms with van der Waals surface area (Å²) in [6.07, 6.45) is -0.146. The first-order valence-corrected chi connectivity index (χ1v) is 9.71. The van der Waals surface area contributed by atoms with Gasteiger partial charge in [-0.2, -0.15) is 0 Å². The molecule has 0 aromatic heterocycles. The fraction of sp³-hybridized carbons (Fsp3) is 0.333. The zero-order chi connectivity index (χ0) is 20.8. The van der Waals surface area contributed by atoms with Gasteiger partial charge in [0, 0.05) is 12.6 Å². The Kier molecular flexibility index (Phi) is 7.84. The van der Waals surface area contributed by atoms with Gasteiger partial charge in [0.2, 0.25) is 11.8 Å². The smallest absolute Gasteiger partial charge is 0.242 e. The number of halogens is 3. The Balaban J connectivity index is 2.28. The van der Waals surface area contributed by atoms with Gasteiger partial charge in [-0.3, -0.25) is 9.59 Å². The highest BCUT2D eigenvalue weighted by atomic mass is 35.5. The molecule has 0 heterocycles. The first kappa shape index (κ1) is 22.2. The van der Waals surface area contributed by atoms with Crippen LogP contribution in [-0.4, -0.2) is 28.8 Å². The van der Waals surface area contributed by atoms with Gasteiger partial charge in [-0.25, -0.2) is 4.39 Å². The number of benzene rings is 2. The van der Waals surface area contributed by atoms with E-state index < -0.39 is 11.9 Å². The van der Waals surface area contributed by atoms with E-state index in [2.05, 4.69) is 5.32 Å². The van der Waals surface area contributed by atoms with Crippen LogP contribution in [0.4, 0.5) is 4.39 Å². The molecule has 0 spiro atoms. The minimum atomic E-state index is -0.740. The molecule has 0 aliphatic rings. The molecule has 4 nitrogen and oxygen atoms in total. The van der Waals surface area contributed by atoms with E-state index in [1.54, 1.807) is 43.3 Å². The van der Waals surface area contributed by atoms with Crippen molar-refractivity contribution in [1.29, 1.82) is 0 Å². The summed E-state index contributed by atoms with van der Waals surface area (Å²) in [5.41, 5.74) is 1.00. The number of amides is 2. The molecule has 2 rings (SSSR count). The van der Waals surface area contributed by atoms with Gasteiger partial charge >= 0.3 is 0 Å². The van der Waals surface area contributed by atoms with Crippen LogP contribution in [0.25, 0.3) is 0 Å². The van der Waals surface area contributed by atoms with E-state index in [1.165, 1.54) is 11.0 Å². The number of rotatable bonds is 7. The average molecular weight is 425 g/mol. The zero-order valence-corrected chi connectivity index (χ0v) is 17.5. The Labute approximate surface area is 174 Å². The maximum atomic E-state index is 14.0. The van der Waals surface area contributed by atoms with Crippen LogP contribution < -0.4 is 5.32 Å². The third-order valence-electron chi connectivity index (χ3n) is 4.23. The molecule has 1 unspecified atom stereocenters. The van der Waals surface area contributed by atoms with Gasteiger partial charge in [0.05, 0.1) is 16.5 Å². The Morgan fingerprint density at radius 2 is 1.75 bits per heavy atom. The highest BCUT2D eigenvalue weighted by Gasteiger charge is 2.27. The summed E-state index contributed by atoms with van der Waals surface area (Å²) in [5.74, 6) is -1.09. The summed E-state index contributed by atoms with van der Waals surface area (Å²) in [6.45, 7) is 5.48. The molecule has 0 saturated heterocycles. The molecule has 0 aliphatic heterocycles. The van der Waals surface area contributed by atoms with Crippen molar-refractivity contribution in [1.82, 2.24) is 10.2 Å². The van der Waals surface area contributed by atoms with Gasteiger partial charge in [-0.1, -0.05) is 47.5 Å². The molecule has 1 atom stereocenters. The number of hydrogen-bond donors (Lipinski definition) is 1. The van der Waals surface area contributed by atoms with Crippen molar-refractivity contribution in [3.05, 3.63) is 69.5 Å². The topological polar surface area (TPSA) is 49.4 Å². The summed E-state index contributed by atoms with van der Waals surface area (Å²) in [5, 5.41) is 3.57. The largest absolute Gasteiger partial charge is 0.352 e. The fourth-order valence-corrected chi connectivity index (χ4v) is 3.05. The van der Waals surface area contributed by atoms with Crippen molar-refractivity contribution < 1.29 is 14.0 Å². The Hall–Kier alpha value is -2.11. The minimum Gasteiger partial charge on any atom is -0.352 e. The minimum absolute atomic E-state index is 0.0663. The molecule has 150 valence electrons. The van der Waals surface area contributed by atoms with Crippen LogP contribution in [0.3, 0.4) is 0 Å². The Morgan fingerprint density at radius 1 is 1.07 bits per heavy atom. The third kappa shape index (κ3) is 5.94. The van der Waals surface area contributed by atoms with Crippen molar-refractivity contribution in [3.8, 4) is 0 Å². The molecule has 0 saturated carbocycles. The van der Waals surface area contributed by atoms with E-state index in [9.17, 15) is 14.0 Å². The van der Waals surface area contributed by atoms with Gasteiger partial charge in [-0.15, -0.1) is 0 Å². The van der Waals surface area contributed by atoms with Crippen molar-refractivity contribution >= 4 is 35.0 Å². The average Bonchev–Trinajstić information content (AvgIpc) is 2.63. The summed E-state index contributed by atoms with van der Waals surface area (Å²) in [6, 6.07) is 10.3. The monoisotopic (exact) mass is 424 g/mol. The zero-order valence-electron chi connectivity index (χ0n) is 16.0. The summed E-state index contributed by atoms with van der Waals surface area (Å²) >= 11 is 12.0. The van der Waals surface area contributed by atoms with Crippen LogP contribution in [0.1, 0.15) is 31.9 Å². The van der Waals surface area contributed by atoms with Gasteiger partial charge < -0.3 is 10.2 Å². The van der Waals surface area contributed by atoms with Crippen molar-refractivity contribution in [2.45, 2.75) is 45.8 Å². The van der Waals surface area contributed by atoms with Crippen LogP contribution in [0, 0.1) is 5.82 Å². The normalized spacial score (nSPS) is 12.0. The van der Waals surface area contributed by atoms with Crippen LogP contribution in [-0.2, 0) is 22.6 Å². The Bertz CT molecular complexity index is 858. The number of nitrogens with one attached hydrogen (secondary N) is 1. The van der Waals surface area contributed by atoms with Crippen LogP contribution >= 0.6 is 23.2 Å². The van der Waals surface area contributed by atoms with Crippen molar-refractivity contribution in [3.63, 3.8) is 0 Å². The lowest BCUT2D eigenvalue weighted by Gasteiger charge is -2.29. The van der Waals surface area contributed by atoms with E-state index in [0.717, 1.165) is 5.56 Å². The van der Waals surface area contributed by atoms with E-state index >= 15 is 0 Å². The number of hydrogen-bond acceptors (Lipinski definition) is 2. The lowest BCUT2D eigenvalue weighted by atomic mass is 10.1. The number of carbonyl (C=O) groups is 2.